The molecule has 21 heavy (non-hydrogen) atoms. The molecular formula is C14H6BrF5O. The van der Waals surface area contributed by atoms with Crippen molar-refractivity contribution in [2.24, 2.45) is 0 Å². The first kappa shape index (κ1) is 15.6. The molecule has 110 valence electrons. The van der Waals surface area contributed by atoms with Crippen LogP contribution in [0.5, 0.6) is 0 Å². The molecule has 0 aliphatic heterocycles. The van der Waals surface area contributed by atoms with Gasteiger partial charge in [-0.2, -0.15) is 13.2 Å². The fraction of sp³-hybridized carbons (Fsp3) is 0.0714. The Labute approximate surface area is 124 Å². The number of hydrogen-bond acceptors (Lipinski definition) is 1. The van der Waals surface area contributed by atoms with Gasteiger partial charge in [-0.15, -0.1) is 0 Å². The number of halogens is 6. The summed E-state index contributed by atoms with van der Waals surface area (Å²) in [5, 5.41) is 0. The van der Waals surface area contributed by atoms with Crippen molar-refractivity contribution in [2.75, 3.05) is 0 Å². The van der Waals surface area contributed by atoms with Crippen LogP contribution in [0.25, 0.3) is 0 Å². The molecule has 0 radical (unpaired) electrons. The zero-order chi connectivity index (χ0) is 15.8. The van der Waals surface area contributed by atoms with Crippen LogP contribution in [0.15, 0.2) is 40.9 Å². The van der Waals surface area contributed by atoms with E-state index in [2.05, 4.69) is 15.9 Å². The van der Waals surface area contributed by atoms with Crippen LogP contribution in [-0.4, -0.2) is 5.78 Å². The van der Waals surface area contributed by atoms with Gasteiger partial charge in [0.2, 0.25) is 0 Å². The molecular weight excluding hydrogens is 359 g/mol. The summed E-state index contributed by atoms with van der Waals surface area (Å²) in [5.41, 5.74) is -1.85. The molecule has 0 amide bonds. The maximum absolute atomic E-state index is 13.4. The summed E-state index contributed by atoms with van der Waals surface area (Å²) in [4.78, 5) is 12.0. The summed E-state index contributed by atoms with van der Waals surface area (Å²) in [6, 6.07) is 5.15. The lowest BCUT2D eigenvalue weighted by molar-refractivity contribution is -0.140. The van der Waals surface area contributed by atoms with Crippen molar-refractivity contribution in [2.45, 2.75) is 6.18 Å². The topological polar surface area (TPSA) is 17.1 Å². The fourth-order valence-electron chi connectivity index (χ4n) is 1.74. The van der Waals surface area contributed by atoms with Crippen molar-refractivity contribution in [3.63, 3.8) is 0 Å². The zero-order valence-corrected chi connectivity index (χ0v) is 11.7. The van der Waals surface area contributed by atoms with Crippen LogP contribution in [-0.2, 0) is 6.18 Å². The van der Waals surface area contributed by atoms with E-state index >= 15 is 0 Å². The molecule has 0 saturated heterocycles. The molecule has 0 saturated carbocycles. The van der Waals surface area contributed by atoms with Crippen LogP contribution in [0.1, 0.15) is 21.5 Å². The molecule has 2 aromatic carbocycles. The van der Waals surface area contributed by atoms with Gasteiger partial charge in [-0.05, 0) is 30.3 Å². The van der Waals surface area contributed by atoms with Crippen molar-refractivity contribution >= 4 is 21.7 Å². The van der Waals surface area contributed by atoms with E-state index in [9.17, 15) is 26.7 Å². The van der Waals surface area contributed by atoms with E-state index in [-0.39, 0.29) is 11.1 Å². The van der Waals surface area contributed by atoms with E-state index in [0.29, 0.717) is 16.6 Å². The highest BCUT2D eigenvalue weighted by atomic mass is 79.9. The molecule has 2 aromatic rings. The molecule has 7 heteroatoms. The van der Waals surface area contributed by atoms with Gasteiger partial charge in [-0.1, -0.05) is 22.0 Å². The average molecular weight is 365 g/mol. The van der Waals surface area contributed by atoms with Crippen LogP contribution >= 0.6 is 15.9 Å². The van der Waals surface area contributed by atoms with Gasteiger partial charge in [0.25, 0.3) is 0 Å². The Morgan fingerprint density at radius 3 is 2.14 bits per heavy atom. The number of benzene rings is 2. The molecule has 2 rings (SSSR count). The van der Waals surface area contributed by atoms with Crippen molar-refractivity contribution in [1.82, 2.24) is 0 Å². The van der Waals surface area contributed by atoms with Gasteiger partial charge in [-0.3, -0.25) is 4.79 Å². The second kappa shape index (κ2) is 5.55. The van der Waals surface area contributed by atoms with Gasteiger partial charge >= 0.3 is 6.18 Å². The lowest BCUT2D eigenvalue weighted by Crippen LogP contribution is -2.10. The molecule has 1 nitrogen and oxygen atoms in total. The van der Waals surface area contributed by atoms with Crippen molar-refractivity contribution < 1.29 is 26.7 Å². The van der Waals surface area contributed by atoms with Crippen LogP contribution in [0.2, 0.25) is 0 Å². The van der Waals surface area contributed by atoms with E-state index in [1.165, 1.54) is 6.07 Å². The Morgan fingerprint density at radius 2 is 1.62 bits per heavy atom. The summed E-state index contributed by atoms with van der Waals surface area (Å²) in [5.74, 6) is -3.02. The van der Waals surface area contributed by atoms with Crippen LogP contribution in [0.3, 0.4) is 0 Å². The Bertz CT molecular complexity index is 689. The Balaban J connectivity index is 2.43. The largest absolute Gasteiger partial charge is 0.419 e. The van der Waals surface area contributed by atoms with Gasteiger partial charge in [0.05, 0.1) is 5.56 Å². The third kappa shape index (κ3) is 3.47. The molecule has 0 spiro atoms. The summed E-state index contributed by atoms with van der Waals surface area (Å²) in [7, 11) is 0. The van der Waals surface area contributed by atoms with Crippen LogP contribution in [0, 0.1) is 11.6 Å². The smallest absolute Gasteiger partial charge is 0.289 e. The quantitative estimate of drug-likeness (QED) is 0.542. The highest BCUT2D eigenvalue weighted by molar-refractivity contribution is 9.10. The average Bonchev–Trinajstić information content (AvgIpc) is 2.35. The van der Waals surface area contributed by atoms with E-state index in [1.54, 1.807) is 0 Å². The number of carbonyl (C=O) groups excluding carboxylic acids is 1. The minimum Gasteiger partial charge on any atom is -0.289 e. The summed E-state index contributed by atoms with van der Waals surface area (Å²) in [6.45, 7) is 0. The monoisotopic (exact) mass is 364 g/mol. The van der Waals surface area contributed by atoms with Crippen molar-refractivity contribution in [3.05, 3.63) is 69.2 Å². The number of rotatable bonds is 2. The molecule has 0 aliphatic rings. The molecule has 0 atom stereocenters. The van der Waals surface area contributed by atoms with Gasteiger partial charge in [0, 0.05) is 15.6 Å². The SMILES string of the molecule is O=C(c1cc(F)cc(Br)c1)c1ccc(C(F)(F)F)c(F)c1. The Hall–Kier alpha value is -1.76. The normalized spacial score (nSPS) is 11.5. The lowest BCUT2D eigenvalue weighted by Gasteiger charge is -2.09. The predicted octanol–water partition coefficient (Wildman–Crippen LogP) is 4.98. The van der Waals surface area contributed by atoms with Crippen LogP contribution < -0.4 is 0 Å². The number of ketones is 1. The summed E-state index contributed by atoms with van der Waals surface area (Å²) in [6.07, 6.45) is -4.84. The first-order valence-electron chi connectivity index (χ1n) is 5.56. The van der Waals surface area contributed by atoms with Crippen molar-refractivity contribution in [3.8, 4) is 0 Å². The molecule has 0 aromatic heterocycles. The van der Waals surface area contributed by atoms with Crippen molar-refractivity contribution in [1.29, 1.82) is 0 Å². The molecule has 0 bridgehead atoms. The van der Waals surface area contributed by atoms with Gasteiger partial charge in [0.15, 0.2) is 5.78 Å². The third-order valence-corrected chi connectivity index (χ3v) is 3.12. The number of carbonyl (C=O) groups is 1. The van der Waals surface area contributed by atoms with Gasteiger partial charge in [0.1, 0.15) is 11.6 Å². The fourth-order valence-corrected chi connectivity index (χ4v) is 2.20. The third-order valence-electron chi connectivity index (χ3n) is 2.66. The first-order chi connectivity index (χ1) is 9.68. The molecule has 0 heterocycles. The van der Waals surface area contributed by atoms with Gasteiger partial charge < -0.3 is 0 Å². The van der Waals surface area contributed by atoms with E-state index in [4.69, 9.17) is 0 Å². The maximum atomic E-state index is 13.4. The Morgan fingerprint density at radius 1 is 0.952 bits per heavy atom. The van der Waals surface area contributed by atoms with E-state index in [0.717, 1.165) is 18.2 Å². The van der Waals surface area contributed by atoms with Crippen LogP contribution in [0.4, 0.5) is 22.0 Å². The highest BCUT2D eigenvalue weighted by Gasteiger charge is 2.34. The number of alkyl halides is 3. The molecule has 0 unspecified atom stereocenters. The standard InChI is InChI=1S/C14H6BrF5O/c15-9-3-8(4-10(16)6-9)13(21)7-1-2-11(12(17)5-7)14(18,19)20/h1-6H. The van der Waals surface area contributed by atoms with E-state index < -0.39 is 29.2 Å². The Kier molecular flexibility index (Phi) is 4.13. The maximum Gasteiger partial charge on any atom is 0.419 e. The first-order valence-corrected chi connectivity index (χ1v) is 6.35. The molecule has 0 N–H and O–H groups in total. The molecule has 0 fully saturated rings. The zero-order valence-electron chi connectivity index (χ0n) is 10.1. The minimum absolute atomic E-state index is 0.0963. The lowest BCUT2D eigenvalue weighted by atomic mass is 10.0. The van der Waals surface area contributed by atoms with E-state index in [1.807, 2.05) is 0 Å². The summed E-state index contributed by atoms with van der Waals surface area (Å²) >= 11 is 2.99. The van der Waals surface area contributed by atoms with Gasteiger partial charge in [-0.25, -0.2) is 8.78 Å². The molecule has 0 aliphatic carbocycles. The predicted molar refractivity (Wildman–Crippen MR) is 68.9 cm³/mol. The second-order valence-corrected chi connectivity index (χ2v) is 5.10. The highest BCUT2D eigenvalue weighted by Crippen LogP contribution is 2.32. The second-order valence-electron chi connectivity index (χ2n) is 4.18. The number of hydrogen-bond donors (Lipinski definition) is 0. The minimum atomic E-state index is -4.84. The summed E-state index contributed by atoms with van der Waals surface area (Å²) < 4.78 is 64.2.